The van der Waals surface area contributed by atoms with Gasteiger partial charge in [0.2, 0.25) is 0 Å². The minimum Gasteiger partial charge on any atom is -0.399 e. The van der Waals surface area contributed by atoms with E-state index in [9.17, 15) is 4.39 Å². The van der Waals surface area contributed by atoms with E-state index in [1.165, 1.54) is 23.9 Å². The third kappa shape index (κ3) is 2.69. The lowest BCUT2D eigenvalue weighted by Gasteiger charge is -2.28. The van der Waals surface area contributed by atoms with Crippen molar-refractivity contribution in [3.05, 3.63) is 65.7 Å². The summed E-state index contributed by atoms with van der Waals surface area (Å²) in [6.07, 6.45) is 3.57. The molecule has 6 heteroatoms. The number of hydrogen-bond acceptors (Lipinski definition) is 5. The molecule has 0 aliphatic carbocycles. The van der Waals surface area contributed by atoms with Gasteiger partial charge in [-0.15, -0.1) is 0 Å². The Kier molecular flexibility index (Phi) is 3.62. The molecule has 2 aromatic rings. The second-order valence-electron chi connectivity index (χ2n) is 5.16. The van der Waals surface area contributed by atoms with Crippen molar-refractivity contribution in [3.8, 4) is 0 Å². The Morgan fingerprint density at radius 1 is 1.18 bits per heavy atom. The highest BCUT2D eigenvalue weighted by molar-refractivity contribution is 8.21. The van der Waals surface area contributed by atoms with Gasteiger partial charge in [-0.05, 0) is 43.3 Å². The summed E-state index contributed by atoms with van der Waals surface area (Å²) in [5.74, 6) is -0.364. The number of aromatic nitrogens is 1. The molecular weight excluding hydrogens is 299 g/mol. The van der Waals surface area contributed by atoms with Gasteiger partial charge < -0.3 is 11.5 Å². The Morgan fingerprint density at radius 3 is 2.73 bits per heavy atom. The van der Waals surface area contributed by atoms with E-state index in [1.54, 1.807) is 19.2 Å². The number of halogens is 1. The van der Waals surface area contributed by atoms with Crippen LogP contribution in [0.1, 0.15) is 18.2 Å². The molecular formula is C16H15FN4S. The summed E-state index contributed by atoms with van der Waals surface area (Å²) in [6, 6.07) is 10.1. The minimum absolute atomic E-state index is 0.364. The number of hydrogen-bond donors (Lipinski definition) is 2. The highest BCUT2D eigenvalue weighted by atomic mass is 32.2. The molecule has 3 rings (SSSR count). The molecule has 0 saturated heterocycles. The van der Waals surface area contributed by atoms with Crippen LogP contribution in [-0.4, -0.2) is 10.2 Å². The molecule has 1 aromatic carbocycles. The predicted molar refractivity (Wildman–Crippen MR) is 89.6 cm³/mol. The zero-order valence-electron chi connectivity index (χ0n) is 12.0. The van der Waals surface area contributed by atoms with Gasteiger partial charge in [0.25, 0.3) is 0 Å². The lowest BCUT2D eigenvalue weighted by molar-refractivity contribution is 0.547. The third-order valence-corrected chi connectivity index (χ3v) is 4.27. The van der Waals surface area contributed by atoms with E-state index < -0.39 is 5.54 Å². The molecule has 0 amide bonds. The molecule has 1 aromatic heterocycles. The van der Waals surface area contributed by atoms with Gasteiger partial charge in [-0.25, -0.2) is 9.38 Å². The maximum atomic E-state index is 14.2. The number of pyridine rings is 1. The molecule has 0 saturated carbocycles. The Balaban J connectivity index is 2.13. The van der Waals surface area contributed by atoms with E-state index in [4.69, 9.17) is 11.5 Å². The van der Waals surface area contributed by atoms with Crippen LogP contribution in [0.25, 0.3) is 4.91 Å². The number of aliphatic imine (C=N–C) groups is 1. The number of anilines is 1. The number of nitrogens with two attached hydrogens (primary N) is 2. The standard InChI is InChI=1S/C16H15FN4S/c1-16(11-8-10(18)5-6-12(11)17)9-14(22-15(19)21-16)13-4-2-3-7-20-13/h2-9H,18H2,1H3,(H2,19,21)/t16-/m0/s1. The van der Waals surface area contributed by atoms with E-state index >= 15 is 0 Å². The molecule has 0 spiro atoms. The van der Waals surface area contributed by atoms with Gasteiger partial charge >= 0.3 is 0 Å². The number of rotatable bonds is 2. The Bertz CT molecular complexity index is 773. The predicted octanol–water partition coefficient (Wildman–Crippen LogP) is 3.12. The van der Waals surface area contributed by atoms with Crippen molar-refractivity contribution in [1.29, 1.82) is 0 Å². The summed E-state index contributed by atoms with van der Waals surface area (Å²) in [5, 5.41) is 0.368. The van der Waals surface area contributed by atoms with Crippen molar-refractivity contribution >= 4 is 27.5 Å². The van der Waals surface area contributed by atoms with Crippen molar-refractivity contribution in [3.63, 3.8) is 0 Å². The summed E-state index contributed by atoms with van der Waals surface area (Å²) in [6.45, 7) is 1.81. The van der Waals surface area contributed by atoms with Crippen LogP contribution in [0.5, 0.6) is 0 Å². The molecule has 0 bridgehead atoms. The van der Waals surface area contributed by atoms with Gasteiger partial charge in [-0.3, -0.25) is 4.98 Å². The molecule has 1 atom stereocenters. The van der Waals surface area contributed by atoms with Crippen molar-refractivity contribution < 1.29 is 4.39 Å². The van der Waals surface area contributed by atoms with Crippen LogP contribution in [-0.2, 0) is 5.54 Å². The largest absolute Gasteiger partial charge is 0.399 e. The third-order valence-electron chi connectivity index (χ3n) is 3.42. The van der Waals surface area contributed by atoms with Gasteiger partial charge in [0.05, 0.1) is 5.69 Å². The summed E-state index contributed by atoms with van der Waals surface area (Å²) < 4.78 is 14.2. The number of amidine groups is 1. The maximum Gasteiger partial charge on any atom is 0.160 e. The molecule has 1 aliphatic rings. The summed E-state index contributed by atoms with van der Waals surface area (Å²) >= 11 is 1.32. The van der Waals surface area contributed by atoms with E-state index in [2.05, 4.69) is 9.98 Å². The summed E-state index contributed by atoms with van der Waals surface area (Å²) in [5.41, 5.74) is 12.5. The fraction of sp³-hybridized carbons (Fsp3) is 0.125. The van der Waals surface area contributed by atoms with E-state index in [0.717, 1.165) is 10.6 Å². The molecule has 2 heterocycles. The van der Waals surface area contributed by atoms with Crippen molar-refractivity contribution in [1.82, 2.24) is 4.98 Å². The van der Waals surface area contributed by atoms with Gasteiger partial charge in [0.1, 0.15) is 11.4 Å². The van der Waals surface area contributed by atoms with Crippen LogP contribution in [0.15, 0.2) is 53.7 Å². The Hall–Kier alpha value is -2.34. The Labute approximate surface area is 132 Å². The van der Waals surface area contributed by atoms with E-state index in [0.29, 0.717) is 16.4 Å². The molecule has 112 valence electrons. The normalized spacial score (nSPS) is 21.2. The number of nitrogens with zero attached hydrogens (tertiary/aromatic N) is 2. The zero-order chi connectivity index (χ0) is 15.7. The van der Waals surface area contributed by atoms with Crippen LogP contribution in [0.4, 0.5) is 10.1 Å². The van der Waals surface area contributed by atoms with E-state index in [1.807, 2.05) is 24.3 Å². The van der Waals surface area contributed by atoms with Crippen LogP contribution in [0.3, 0.4) is 0 Å². The first-order chi connectivity index (χ1) is 10.5. The first kappa shape index (κ1) is 14.6. The smallest absolute Gasteiger partial charge is 0.160 e. The lowest BCUT2D eigenvalue weighted by Crippen LogP contribution is -2.26. The highest BCUT2D eigenvalue weighted by Gasteiger charge is 2.32. The van der Waals surface area contributed by atoms with Crippen LogP contribution < -0.4 is 11.5 Å². The van der Waals surface area contributed by atoms with Gasteiger partial charge in [0, 0.05) is 22.4 Å². The first-order valence-corrected chi connectivity index (χ1v) is 7.52. The topological polar surface area (TPSA) is 77.3 Å². The SMILES string of the molecule is C[C@@]1(c2cc(N)ccc2F)C=C(c2ccccn2)SC(N)=N1. The van der Waals surface area contributed by atoms with Crippen molar-refractivity contribution in [2.75, 3.05) is 5.73 Å². The van der Waals surface area contributed by atoms with Crippen molar-refractivity contribution in [2.24, 2.45) is 10.7 Å². The van der Waals surface area contributed by atoms with Crippen molar-refractivity contribution in [2.45, 2.75) is 12.5 Å². The van der Waals surface area contributed by atoms with Gasteiger partial charge in [-0.2, -0.15) is 0 Å². The van der Waals surface area contributed by atoms with E-state index in [-0.39, 0.29) is 5.82 Å². The second-order valence-corrected chi connectivity index (χ2v) is 6.22. The summed E-state index contributed by atoms with van der Waals surface area (Å²) in [7, 11) is 0. The fourth-order valence-electron chi connectivity index (χ4n) is 2.38. The fourth-order valence-corrected chi connectivity index (χ4v) is 3.36. The summed E-state index contributed by atoms with van der Waals surface area (Å²) in [4.78, 5) is 9.58. The first-order valence-electron chi connectivity index (χ1n) is 6.71. The molecule has 0 unspecified atom stereocenters. The second kappa shape index (κ2) is 5.46. The molecule has 1 aliphatic heterocycles. The highest BCUT2D eigenvalue weighted by Crippen LogP contribution is 2.41. The quantitative estimate of drug-likeness (QED) is 0.835. The maximum absolute atomic E-state index is 14.2. The number of benzene rings is 1. The van der Waals surface area contributed by atoms with Gasteiger partial charge in [-0.1, -0.05) is 17.8 Å². The van der Waals surface area contributed by atoms with Crippen LogP contribution >= 0.6 is 11.8 Å². The number of nitrogen functional groups attached to an aromatic ring is 1. The average molecular weight is 314 g/mol. The molecule has 0 radical (unpaired) electrons. The van der Waals surface area contributed by atoms with Crippen LogP contribution in [0.2, 0.25) is 0 Å². The zero-order valence-corrected chi connectivity index (χ0v) is 12.8. The molecule has 0 fully saturated rings. The Morgan fingerprint density at radius 2 is 2.00 bits per heavy atom. The number of thioether (sulfide) groups is 1. The lowest BCUT2D eigenvalue weighted by atomic mass is 9.90. The monoisotopic (exact) mass is 314 g/mol. The molecule has 4 nitrogen and oxygen atoms in total. The van der Waals surface area contributed by atoms with Crippen LogP contribution in [0, 0.1) is 5.82 Å². The molecule has 22 heavy (non-hydrogen) atoms. The minimum atomic E-state index is -0.915. The average Bonchev–Trinajstić information content (AvgIpc) is 2.49. The molecule has 4 N–H and O–H groups in total. The van der Waals surface area contributed by atoms with Gasteiger partial charge in [0.15, 0.2) is 5.17 Å².